The van der Waals surface area contributed by atoms with E-state index in [0.29, 0.717) is 24.7 Å². The summed E-state index contributed by atoms with van der Waals surface area (Å²) in [5.74, 6) is 0.885. The molecule has 0 saturated heterocycles. The van der Waals surface area contributed by atoms with Crippen LogP contribution in [0.3, 0.4) is 0 Å². The second-order valence-corrected chi connectivity index (χ2v) is 4.49. The van der Waals surface area contributed by atoms with Gasteiger partial charge in [0.05, 0.1) is 0 Å². The summed E-state index contributed by atoms with van der Waals surface area (Å²) in [5, 5.41) is 0. The number of ketones is 1. The lowest BCUT2D eigenvalue weighted by atomic mass is 9.91. The average molecular weight is 197 g/mol. The van der Waals surface area contributed by atoms with Crippen LogP contribution in [-0.2, 0) is 4.79 Å². The van der Waals surface area contributed by atoms with Crippen molar-refractivity contribution in [3.8, 4) is 0 Å². The van der Waals surface area contributed by atoms with Gasteiger partial charge < -0.3 is 5.73 Å². The highest BCUT2D eigenvalue weighted by molar-refractivity contribution is 5.81. The van der Waals surface area contributed by atoms with Crippen LogP contribution in [0.2, 0.25) is 0 Å². The molecule has 2 N–H and O–H groups in total. The van der Waals surface area contributed by atoms with Gasteiger partial charge in [-0.2, -0.15) is 0 Å². The van der Waals surface area contributed by atoms with Crippen molar-refractivity contribution >= 4 is 5.78 Å². The maximum atomic E-state index is 11.7. The van der Waals surface area contributed by atoms with Gasteiger partial charge in [0.1, 0.15) is 5.78 Å². The molecule has 0 amide bonds. The summed E-state index contributed by atoms with van der Waals surface area (Å²) in [4.78, 5) is 11.7. The standard InChI is InChI=1S/C12H23NO/c1-9(2)5-6-12(14)11(8-13)7-10(3)4/h10-11H,1,5-8,13H2,2-4H3. The topological polar surface area (TPSA) is 43.1 Å². The minimum absolute atomic E-state index is 0.0503. The van der Waals surface area contributed by atoms with E-state index in [1.807, 2.05) is 6.92 Å². The van der Waals surface area contributed by atoms with Crippen molar-refractivity contribution in [2.75, 3.05) is 6.54 Å². The summed E-state index contributed by atoms with van der Waals surface area (Å²) in [6, 6.07) is 0. The molecule has 0 aromatic carbocycles. The van der Waals surface area contributed by atoms with E-state index in [0.717, 1.165) is 18.4 Å². The molecule has 1 unspecified atom stereocenters. The second kappa shape index (κ2) is 6.77. The van der Waals surface area contributed by atoms with Gasteiger partial charge in [-0.1, -0.05) is 19.4 Å². The summed E-state index contributed by atoms with van der Waals surface area (Å²) in [6.07, 6.45) is 2.31. The highest BCUT2D eigenvalue weighted by Gasteiger charge is 2.17. The summed E-state index contributed by atoms with van der Waals surface area (Å²) < 4.78 is 0. The molecule has 0 aliphatic rings. The molecule has 0 fully saturated rings. The summed E-state index contributed by atoms with van der Waals surface area (Å²) >= 11 is 0. The van der Waals surface area contributed by atoms with E-state index in [1.165, 1.54) is 0 Å². The first-order valence-electron chi connectivity index (χ1n) is 5.34. The highest BCUT2D eigenvalue weighted by atomic mass is 16.1. The average Bonchev–Trinajstić information content (AvgIpc) is 2.09. The largest absolute Gasteiger partial charge is 0.330 e. The number of nitrogens with two attached hydrogens (primary N) is 1. The lowest BCUT2D eigenvalue weighted by Gasteiger charge is -2.15. The number of hydrogen-bond donors (Lipinski definition) is 1. The fourth-order valence-electron chi connectivity index (χ4n) is 1.47. The van der Waals surface area contributed by atoms with Crippen molar-refractivity contribution in [1.82, 2.24) is 0 Å². The molecular weight excluding hydrogens is 174 g/mol. The highest BCUT2D eigenvalue weighted by Crippen LogP contribution is 2.15. The zero-order valence-corrected chi connectivity index (χ0v) is 9.68. The van der Waals surface area contributed by atoms with Crippen molar-refractivity contribution in [2.24, 2.45) is 17.6 Å². The van der Waals surface area contributed by atoms with Gasteiger partial charge in [-0.3, -0.25) is 4.79 Å². The molecule has 0 aliphatic carbocycles. The van der Waals surface area contributed by atoms with Crippen molar-refractivity contribution < 1.29 is 4.79 Å². The third-order valence-corrected chi connectivity index (χ3v) is 2.29. The van der Waals surface area contributed by atoms with Crippen molar-refractivity contribution in [3.63, 3.8) is 0 Å². The van der Waals surface area contributed by atoms with Gasteiger partial charge in [-0.05, 0) is 25.7 Å². The van der Waals surface area contributed by atoms with Crippen LogP contribution in [0.5, 0.6) is 0 Å². The molecule has 2 heteroatoms. The summed E-state index contributed by atoms with van der Waals surface area (Å²) in [5.41, 5.74) is 6.65. The minimum Gasteiger partial charge on any atom is -0.330 e. The smallest absolute Gasteiger partial charge is 0.137 e. The molecule has 0 saturated carbocycles. The number of carbonyl (C=O) groups is 1. The summed E-state index contributed by atoms with van der Waals surface area (Å²) in [6.45, 7) is 10.5. The monoisotopic (exact) mass is 197 g/mol. The number of Topliss-reactive ketones (excluding diaryl/α,β-unsaturated/α-hetero) is 1. The van der Waals surface area contributed by atoms with Gasteiger partial charge in [0.15, 0.2) is 0 Å². The first-order valence-corrected chi connectivity index (χ1v) is 5.34. The van der Waals surface area contributed by atoms with E-state index in [9.17, 15) is 4.79 Å². The fraction of sp³-hybridized carbons (Fsp3) is 0.750. The van der Waals surface area contributed by atoms with Gasteiger partial charge in [-0.15, -0.1) is 6.58 Å². The maximum absolute atomic E-state index is 11.7. The third kappa shape index (κ3) is 5.92. The Balaban J connectivity index is 3.97. The van der Waals surface area contributed by atoms with Crippen LogP contribution in [0.1, 0.15) is 40.0 Å². The van der Waals surface area contributed by atoms with E-state index >= 15 is 0 Å². The minimum atomic E-state index is 0.0503. The lowest BCUT2D eigenvalue weighted by Crippen LogP contribution is -2.25. The molecule has 0 heterocycles. The van der Waals surface area contributed by atoms with E-state index in [1.54, 1.807) is 0 Å². The predicted molar refractivity (Wildman–Crippen MR) is 61.1 cm³/mol. The zero-order valence-electron chi connectivity index (χ0n) is 9.68. The van der Waals surface area contributed by atoms with Crippen molar-refractivity contribution in [1.29, 1.82) is 0 Å². The van der Waals surface area contributed by atoms with Crippen molar-refractivity contribution in [2.45, 2.75) is 40.0 Å². The molecule has 2 nitrogen and oxygen atoms in total. The third-order valence-electron chi connectivity index (χ3n) is 2.29. The van der Waals surface area contributed by atoms with Gasteiger partial charge in [0, 0.05) is 18.9 Å². The predicted octanol–water partition coefficient (Wildman–Crippen LogP) is 2.53. The maximum Gasteiger partial charge on any atom is 0.137 e. The fourth-order valence-corrected chi connectivity index (χ4v) is 1.47. The van der Waals surface area contributed by atoms with Gasteiger partial charge in [-0.25, -0.2) is 0 Å². The second-order valence-electron chi connectivity index (χ2n) is 4.49. The van der Waals surface area contributed by atoms with Crippen LogP contribution in [0.25, 0.3) is 0 Å². The van der Waals surface area contributed by atoms with E-state index < -0.39 is 0 Å². The van der Waals surface area contributed by atoms with Crippen LogP contribution in [0.15, 0.2) is 12.2 Å². The molecule has 0 aromatic heterocycles. The Kier molecular flexibility index (Phi) is 6.46. The Bertz CT molecular complexity index is 196. The lowest BCUT2D eigenvalue weighted by molar-refractivity contribution is -0.123. The number of rotatable bonds is 7. The quantitative estimate of drug-likeness (QED) is 0.637. The Morgan fingerprint density at radius 1 is 1.36 bits per heavy atom. The SMILES string of the molecule is C=C(C)CCC(=O)C(CN)CC(C)C. The summed E-state index contributed by atoms with van der Waals surface area (Å²) in [7, 11) is 0. The zero-order chi connectivity index (χ0) is 11.1. The molecule has 0 bridgehead atoms. The van der Waals surface area contributed by atoms with Gasteiger partial charge >= 0.3 is 0 Å². The molecule has 0 rings (SSSR count). The molecule has 82 valence electrons. The van der Waals surface area contributed by atoms with Crippen LogP contribution in [0.4, 0.5) is 0 Å². The molecule has 0 spiro atoms. The normalized spacial score (nSPS) is 12.9. The number of carbonyl (C=O) groups excluding carboxylic acids is 1. The first-order chi connectivity index (χ1) is 6.47. The molecular formula is C12H23NO. The van der Waals surface area contributed by atoms with Crippen LogP contribution in [-0.4, -0.2) is 12.3 Å². The molecule has 0 radical (unpaired) electrons. The molecule has 0 aromatic rings. The Hall–Kier alpha value is -0.630. The Morgan fingerprint density at radius 2 is 1.93 bits per heavy atom. The van der Waals surface area contributed by atoms with Crippen LogP contribution >= 0.6 is 0 Å². The van der Waals surface area contributed by atoms with Crippen LogP contribution < -0.4 is 5.73 Å². The molecule has 14 heavy (non-hydrogen) atoms. The van der Waals surface area contributed by atoms with E-state index in [2.05, 4.69) is 20.4 Å². The van der Waals surface area contributed by atoms with Crippen LogP contribution in [0, 0.1) is 11.8 Å². The number of allylic oxidation sites excluding steroid dienone is 1. The van der Waals surface area contributed by atoms with E-state index in [-0.39, 0.29) is 5.92 Å². The molecule has 0 aliphatic heterocycles. The Labute approximate surface area is 87.6 Å². The Morgan fingerprint density at radius 3 is 2.29 bits per heavy atom. The van der Waals surface area contributed by atoms with Gasteiger partial charge in [0.2, 0.25) is 0 Å². The van der Waals surface area contributed by atoms with E-state index in [4.69, 9.17) is 5.73 Å². The van der Waals surface area contributed by atoms with Gasteiger partial charge in [0.25, 0.3) is 0 Å². The number of hydrogen-bond acceptors (Lipinski definition) is 2. The first kappa shape index (κ1) is 13.4. The van der Waals surface area contributed by atoms with Crippen molar-refractivity contribution in [3.05, 3.63) is 12.2 Å². The molecule has 1 atom stereocenters.